The van der Waals surface area contributed by atoms with Gasteiger partial charge in [-0.05, 0) is 54.3 Å². The van der Waals surface area contributed by atoms with Crippen LogP contribution in [0.1, 0.15) is 42.7 Å². The molecule has 1 saturated carbocycles. The Morgan fingerprint density at radius 2 is 1.68 bits per heavy atom. The van der Waals surface area contributed by atoms with Gasteiger partial charge in [0, 0.05) is 32.7 Å². The molecule has 2 aromatic rings. The van der Waals surface area contributed by atoms with Crippen LogP contribution >= 0.6 is 0 Å². The first-order chi connectivity index (χ1) is 17.6. The number of esters is 2. The number of nitrogens with zero attached hydrogens (tertiary/aromatic N) is 2. The number of phenolic OH excluding ortho intramolecular Hbond substituents is 1. The molecule has 2 aromatic carbocycles. The average Bonchev–Trinajstić information content (AvgIpc) is 2.86. The smallest absolute Gasteiger partial charge is 0.310 e. The van der Waals surface area contributed by atoms with Crippen molar-refractivity contribution in [3.63, 3.8) is 0 Å². The molecular weight excluding hydrogens is 484 g/mol. The van der Waals surface area contributed by atoms with Crippen LogP contribution in [-0.4, -0.2) is 51.1 Å². The molecule has 8 heteroatoms. The quantitative estimate of drug-likeness (QED) is 0.264. The second-order valence-corrected chi connectivity index (χ2v) is 16.9. The van der Waals surface area contributed by atoms with Crippen LogP contribution in [-0.2, 0) is 19.1 Å². The van der Waals surface area contributed by atoms with Crippen molar-refractivity contribution in [2.45, 2.75) is 57.3 Å². The van der Waals surface area contributed by atoms with E-state index in [9.17, 15) is 14.7 Å². The number of benzene rings is 2. The van der Waals surface area contributed by atoms with Gasteiger partial charge in [-0.1, -0.05) is 50.8 Å². The van der Waals surface area contributed by atoms with E-state index < -0.39 is 31.8 Å². The number of ether oxygens (including phenoxy) is 2. The molecule has 0 heterocycles. The van der Waals surface area contributed by atoms with Crippen LogP contribution in [0.2, 0.25) is 25.7 Å². The van der Waals surface area contributed by atoms with Crippen LogP contribution in [0.3, 0.4) is 0 Å². The number of rotatable bonds is 9. The highest BCUT2D eigenvalue weighted by Gasteiger charge is 2.57. The van der Waals surface area contributed by atoms with E-state index >= 15 is 0 Å². The molecule has 3 aliphatic rings. The van der Waals surface area contributed by atoms with Crippen LogP contribution < -0.4 is 5.01 Å². The van der Waals surface area contributed by atoms with Gasteiger partial charge in [-0.3, -0.25) is 14.6 Å². The highest BCUT2D eigenvalue weighted by molar-refractivity contribution is 6.76. The third-order valence-corrected chi connectivity index (χ3v) is 8.97. The van der Waals surface area contributed by atoms with Gasteiger partial charge in [-0.2, -0.15) is 5.10 Å². The van der Waals surface area contributed by atoms with Gasteiger partial charge in [0.1, 0.15) is 5.75 Å². The summed E-state index contributed by atoms with van der Waals surface area (Å²) in [6.45, 7) is 9.30. The van der Waals surface area contributed by atoms with Gasteiger partial charge >= 0.3 is 11.9 Å². The molecule has 0 aliphatic heterocycles. The first-order valence-corrected chi connectivity index (χ1v) is 16.8. The number of hydrogen-bond donors (Lipinski definition) is 1. The Balaban J connectivity index is 1.75. The Morgan fingerprint density at radius 1 is 1.00 bits per heavy atom. The second-order valence-electron chi connectivity index (χ2n) is 11.2. The lowest BCUT2D eigenvalue weighted by Gasteiger charge is -2.48. The predicted molar refractivity (Wildman–Crippen MR) is 148 cm³/mol. The average molecular weight is 523 g/mol. The van der Waals surface area contributed by atoms with E-state index in [0.29, 0.717) is 19.4 Å². The van der Waals surface area contributed by atoms with Crippen molar-refractivity contribution in [3.8, 4) is 5.75 Å². The molecule has 3 aliphatic carbocycles. The first kappa shape index (κ1) is 26.9. The molecule has 0 spiro atoms. The summed E-state index contributed by atoms with van der Waals surface area (Å²) in [6, 6.07) is 15.9. The first-order valence-electron chi connectivity index (χ1n) is 13.1. The number of fused-ring (bicyclic) bond motifs is 2. The van der Waals surface area contributed by atoms with Gasteiger partial charge in [0.25, 0.3) is 0 Å². The summed E-state index contributed by atoms with van der Waals surface area (Å²) < 4.78 is 11.4. The molecule has 0 radical (unpaired) electrons. The maximum Gasteiger partial charge on any atom is 0.310 e. The highest BCUT2D eigenvalue weighted by Crippen LogP contribution is 2.56. The molecule has 5 rings (SSSR count). The van der Waals surface area contributed by atoms with Crippen molar-refractivity contribution >= 4 is 31.4 Å². The molecule has 1 fully saturated rings. The molecule has 4 unspecified atom stereocenters. The van der Waals surface area contributed by atoms with E-state index in [-0.39, 0.29) is 24.2 Å². The molecule has 0 amide bonds. The summed E-state index contributed by atoms with van der Waals surface area (Å²) in [5.41, 5.74) is 3.52. The van der Waals surface area contributed by atoms with Crippen molar-refractivity contribution in [2.75, 3.05) is 25.3 Å². The van der Waals surface area contributed by atoms with Crippen molar-refractivity contribution < 1.29 is 24.2 Å². The van der Waals surface area contributed by atoms with Gasteiger partial charge in [-0.15, -0.1) is 0 Å². The number of carbonyl (C=O) groups is 2. The molecule has 7 nitrogen and oxygen atoms in total. The van der Waals surface area contributed by atoms with Gasteiger partial charge < -0.3 is 14.6 Å². The minimum absolute atomic E-state index is 0.122. The largest absolute Gasteiger partial charge is 0.508 e. The lowest BCUT2D eigenvalue weighted by molar-refractivity contribution is -0.163. The fourth-order valence-corrected chi connectivity index (χ4v) is 6.15. The summed E-state index contributed by atoms with van der Waals surface area (Å²) in [5.74, 6) is -2.83. The zero-order chi connectivity index (χ0) is 26.7. The van der Waals surface area contributed by atoms with E-state index in [1.54, 1.807) is 17.1 Å². The van der Waals surface area contributed by atoms with Crippen molar-refractivity contribution in [3.05, 3.63) is 59.7 Å². The van der Waals surface area contributed by atoms with Crippen molar-refractivity contribution in [1.29, 1.82) is 0 Å². The fourth-order valence-electron chi connectivity index (χ4n) is 5.43. The molecule has 4 atom stereocenters. The zero-order valence-corrected chi connectivity index (χ0v) is 23.4. The highest BCUT2D eigenvalue weighted by atomic mass is 28.3. The summed E-state index contributed by atoms with van der Waals surface area (Å²) in [5, 5.41) is 17.1. The molecule has 198 valence electrons. The predicted octanol–water partition coefficient (Wildman–Crippen LogP) is 5.54. The van der Waals surface area contributed by atoms with Crippen LogP contribution in [0.4, 0.5) is 5.69 Å². The van der Waals surface area contributed by atoms with Gasteiger partial charge in [-0.25, -0.2) is 0 Å². The molecule has 2 bridgehead atoms. The van der Waals surface area contributed by atoms with E-state index in [4.69, 9.17) is 14.6 Å². The third kappa shape index (κ3) is 5.90. The van der Waals surface area contributed by atoms with Gasteiger partial charge in [0.15, 0.2) is 0 Å². The molecule has 37 heavy (non-hydrogen) atoms. The number of hydrazone groups is 1. The molecular formula is C29H38N2O5Si. The maximum absolute atomic E-state index is 13.6. The number of hydrogen-bond acceptors (Lipinski definition) is 7. The monoisotopic (exact) mass is 522 g/mol. The molecule has 0 saturated heterocycles. The van der Waals surface area contributed by atoms with Crippen LogP contribution in [0.15, 0.2) is 53.6 Å². The fraction of sp³-hybridized carbons (Fsp3) is 0.483. The minimum atomic E-state index is -1.39. The SMILES string of the molecule is CCCOC(=O)C1C2C(=NN(C)c3ccccc3)CC(c3ccc(O)cc32)C1C(=O)OCC[Si](C)(C)C. The summed E-state index contributed by atoms with van der Waals surface area (Å²) >= 11 is 0. The van der Waals surface area contributed by atoms with Crippen molar-refractivity contribution in [2.24, 2.45) is 16.9 Å². The van der Waals surface area contributed by atoms with Crippen molar-refractivity contribution in [1.82, 2.24) is 0 Å². The lowest BCUT2D eigenvalue weighted by atomic mass is 9.55. The maximum atomic E-state index is 13.6. The topological polar surface area (TPSA) is 88.4 Å². The Labute approximate surface area is 220 Å². The van der Waals surface area contributed by atoms with E-state index in [0.717, 1.165) is 28.6 Å². The van der Waals surface area contributed by atoms with E-state index in [1.165, 1.54) is 0 Å². The second kappa shape index (κ2) is 11.1. The summed E-state index contributed by atoms with van der Waals surface area (Å²) in [4.78, 5) is 27.1. The van der Waals surface area contributed by atoms with Gasteiger partial charge in [0.2, 0.25) is 0 Å². The third-order valence-electron chi connectivity index (χ3n) is 7.27. The van der Waals surface area contributed by atoms with E-state index in [2.05, 4.69) is 19.6 Å². The number of phenols is 1. The summed E-state index contributed by atoms with van der Waals surface area (Å²) in [6.07, 6.45) is 1.22. The standard InChI is InChI=1S/C29H38N2O5Si/c1-6-14-35-29(34)27-25-22-17-20(32)12-13-21(22)23(26(27)28(33)36-15-16-37(3,4)5)18-24(25)30-31(2)19-10-8-7-9-11-19/h7-13,17,23,25-27,32H,6,14-16,18H2,1-5H3. The number of carbonyl (C=O) groups excluding carboxylic acids is 2. The molecule has 1 N–H and O–H groups in total. The molecule has 0 aromatic heterocycles. The zero-order valence-electron chi connectivity index (χ0n) is 22.4. The Kier molecular flexibility index (Phi) is 8.07. The number of aromatic hydroxyl groups is 1. The Hall–Kier alpha value is -3.13. The van der Waals surface area contributed by atoms with Crippen LogP contribution in [0.5, 0.6) is 5.75 Å². The van der Waals surface area contributed by atoms with Gasteiger partial charge in [0.05, 0.1) is 30.7 Å². The lowest BCUT2D eigenvalue weighted by Crippen LogP contribution is -2.51. The Bertz CT molecular complexity index is 1160. The van der Waals surface area contributed by atoms with Crippen LogP contribution in [0.25, 0.3) is 0 Å². The number of anilines is 1. The van der Waals surface area contributed by atoms with E-state index in [1.807, 2.05) is 50.4 Å². The number of para-hydroxylation sites is 1. The summed E-state index contributed by atoms with van der Waals surface area (Å²) in [7, 11) is 0.482. The normalized spacial score (nSPS) is 23.4. The van der Waals surface area contributed by atoms with Crippen LogP contribution in [0, 0.1) is 11.8 Å². The Morgan fingerprint density at radius 3 is 2.35 bits per heavy atom. The minimum Gasteiger partial charge on any atom is -0.508 e.